The zero-order valence-corrected chi connectivity index (χ0v) is 8.25. The summed E-state index contributed by atoms with van der Waals surface area (Å²) in [6, 6.07) is 0. The van der Waals surface area contributed by atoms with Crippen LogP contribution >= 0.6 is 0 Å². The lowest BCUT2D eigenvalue weighted by atomic mass is 10.1. The third-order valence-corrected chi connectivity index (χ3v) is 1.99. The molecule has 2 heteroatoms. The topological polar surface area (TPSA) is 18.5 Å². The number of ether oxygens (including phenoxy) is 2. The van der Waals surface area contributed by atoms with Gasteiger partial charge in [-0.15, -0.1) is 18.9 Å². The van der Waals surface area contributed by atoms with Crippen LogP contribution in [-0.4, -0.2) is 18.0 Å². The highest BCUT2D eigenvalue weighted by Gasteiger charge is 2.33. The minimum Gasteiger partial charge on any atom is -0.346 e. The van der Waals surface area contributed by atoms with E-state index in [1.54, 1.807) is 6.08 Å². The monoisotopic (exact) mass is 180 g/mol. The minimum absolute atomic E-state index is 0.0575. The molecule has 2 atom stereocenters. The Morgan fingerprint density at radius 2 is 2.31 bits per heavy atom. The van der Waals surface area contributed by atoms with E-state index >= 15 is 0 Å². The minimum atomic E-state index is -0.543. The second-order valence-electron chi connectivity index (χ2n) is 3.68. The number of terminal acetylenes is 1. The van der Waals surface area contributed by atoms with Crippen molar-refractivity contribution >= 4 is 0 Å². The van der Waals surface area contributed by atoms with Gasteiger partial charge in [-0.3, -0.25) is 0 Å². The lowest BCUT2D eigenvalue weighted by molar-refractivity contribution is -0.288. The Bertz CT molecular complexity index is 225. The molecule has 0 aliphatic carbocycles. The first-order chi connectivity index (χ1) is 6.07. The SMILES string of the molecule is C#CC[C@@H]1C[C@@H](C=C)OC(C)(C)O1. The van der Waals surface area contributed by atoms with Crippen molar-refractivity contribution in [2.45, 2.75) is 44.7 Å². The van der Waals surface area contributed by atoms with Crippen LogP contribution in [0.2, 0.25) is 0 Å². The molecule has 13 heavy (non-hydrogen) atoms. The average Bonchev–Trinajstić information content (AvgIpc) is 2.02. The predicted octanol–water partition coefficient (Wildman–Crippen LogP) is 2.11. The molecule has 0 aromatic carbocycles. The molecule has 0 spiro atoms. The summed E-state index contributed by atoms with van der Waals surface area (Å²) < 4.78 is 11.2. The Hall–Kier alpha value is -0.780. The first-order valence-corrected chi connectivity index (χ1v) is 4.49. The maximum Gasteiger partial charge on any atom is 0.163 e. The largest absolute Gasteiger partial charge is 0.346 e. The highest BCUT2D eigenvalue weighted by molar-refractivity contribution is 4.94. The molecule has 1 rings (SSSR count). The Morgan fingerprint density at radius 3 is 2.85 bits per heavy atom. The fourth-order valence-corrected chi connectivity index (χ4v) is 1.55. The van der Waals surface area contributed by atoms with Crippen LogP contribution < -0.4 is 0 Å². The molecule has 1 heterocycles. The van der Waals surface area contributed by atoms with E-state index in [1.807, 2.05) is 13.8 Å². The summed E-state index contributed by atoms with van der Waals surface area (Å²) in [5.41, 5.74) is 0. The highest BCUT2D eigenvalue weighted by atomic mass is 16.7. The van der Waals surface area contributed by atoms with Crippen LogP contribution in [0.1, 0.15) is 26.7 Å². The van der Waals surface area contributed by atoms with Gasteiger partial charge in [0.25, 0.3) is 0 Å². The molecule has 1 fully saturated rings. The van der Waals surface area contributed by atoms with Crippen molar-refractivity contribution in [3.63, 3.8) is 0 Å². The van der Waals surface area contributed by atoms with Gasteiger partial charge in [0.2, 0.25) is 0 Å². The summed E-state index contributed by atoms with van der Waals surface area (Å²) in [6.45, 7) is 7.50. The average molecular weight is 180 g/mol. The van der Waals surface area contributed by atoms with Crippen molar-refractivity contribution in [1.82, 2.24) is 0 Å². The number of hydrogen-bond acceptors (Lipinski definition) is 2. The Balaban J connectivity index is 2.60. The van der Waals surface area contributed by atoms with Crippen LogP contribution in [0, 0.1) is 12.3 Å². The lowest BCUT2D eigenvalue weighted by Gasteiger charge is -2.39. The first kappa shape index (κ1) is 10.3. The maximum absolute atomic E-state index is 5.63. The zero-order chi connectivity index (χ0) is 9.90. The smallest absolute Gasteiger partial charge is 0.163 e. The van der Waals surface area contributed by atoms with Gasteiger partial charge in [0, 0.05) is 12.8 Å². The van der Waals surface area contributed by atoms with Crippen molar-refractivity contribution in [3.8, 4) is 12.3 Å². The van der Waals surface area contributed by atoms with Crippen LogP contribution in [0.3, 0.4) is 0 Å². The maximum atomic E-state index is 5.63. The standard InChI is InChI=1S/C11H16O2/c1-5-7-10-8-9(6-2)12-11(3,4)13-10/h1,6,9-10H,2,7-8H2,3-4H3/t9-,10-/m1/s1. The normalized spacial score (nSPS) is 32.1. The molecular formula is C11H16O2. The Morgan fingerprint density at radius 1 is 1.62 bits per heavy atom. The van der Waals surface area contributed by atoms with Gasteiger partial charge in [-0.2, -0.15) is 0 Å². The number of rotatable bonds is 2. The highest BCUT2D eigenvalue weighted by Crippen LogP contribution is 2.28. The predicted molar refractivity (Wildman–Crippen MR) is 52.1 cm³/mol. The van der Waals surface area contributed by atoms with E-state index in [2.05, 4.69) is 12.5 Å². The molecule has 0 saturated carbocycles. The summed E-state index contributed by atoms with van der Waals surface area (Å²) in [5, 5.41) is 0. The van der Waals surface area contributed by atoms with Gasteiger partial charge in [0.15, 0.2) is 5.79 Å². The second-order valence-corrected chi connectivity index (χ2v) is 3.68. The number of hydrogen-bond donors (Lipinski definition) is 0. The summed E-state index contributed by atoms with van der Waals surface area (Å²) in [6.07, 6.45) is 8.63. The van der Waals surface area contributed by atoms with Crippen molar-refractivity contribution in [2.75, 3.05) is 0 Å². The van der Waals surface area contributed by atoms with Crippen molar-refractivity contribution < 1.29 is 9.47 Å². The third-order valence-electron chi connectivity index (χ3n) is 1.99. The molecule has 1 aliphatic heterocycles. The van der Waals surface area contributed by atoms with Crippen LogP contribution in [0.15, 0.2) is 12.7 Å². The molecule has 0 unspecified atom stereocenters. The molecule has 0 amide bonds. The molecule has 72 valence electrons. The zero-order valence-electron chi connectivity index (χ0n) is 8.25. The second kappa shape index (κ2) is 3.95. The van der Waals surface area contributed by atoms with E-state index in [4.69, 9.17) is 15.9 Å². The third kappa shape index (κ3) is 2.87. The molecule has 0 N–H and O–H groups in total. The van der Waals surface area contributed by atoms with E-state index < -0.39 is 5.79 Å². The van der Waals surface area contributed by atoms with E-state index in [0.29, 0.717) is 6.42 Å². The van der Waals surface area contributed by atoms with Crippen LogP contribution in [0.5, 0.6) is 0 Å². The molecule has 1 aliphatic rings. The van der Waals surface area contributed by atoms with Crippen molar-refractivity contribution in [3.05, 3.63) is 12.7 Å². The van der Waals surface area contributed by atoms with Crippen molar-refractivity contribution in [1.29, 1.82) is 0 Å². The van der Waals surface area contributed by atoms with Crippen LogP contribution in [0.25, 0.3) is 0 Å². The van der Waals surface area contributed by atoms with Gasteiger partial charge >= 0.3 is 0 Å². The van der Waals surface area contributed by atoms with Gasteiger partial charge in [0.1, 0.15) is 0 Å². The van der Waals surface area contributed by atoms with Gasteiger partial charge in [-0.05, 0) is 13.8 Å². The molecule has 0 bridgehead atoms. The lowest BCUT2D eigenvalue weighted by Crippen LogP contribution is -2.43. The quantitative estimate of drug-likeness (QED) is 0.478. The molecule has 2 nitrogen and oxygen atoms in total. The van der Waals surface area contributed by atoms with Crippen LogP contribution in [0.4, 0.5) is 0 Å². The summed E-state index contributed by atoms with van der Waals surface area (Å²) >= 11 is 0. The molecule has 1 saturated heterocycles. The van der Waals surface area contributed by atoms with Gasteiger partial charge in [0.05, 0.1) is 12.2 Å². The van der Waals surface area contributed by atoms with Gasteiger partial charge in [-0.25, -0.2) is 0 Å². The van der Waals surface area contributed by atoms with E-state index in [0.717, 1.165) is 6.42 Å². The molecule has 0 radical (unpaired) electrons. The molecular weight excluding hydrogens is 164 g/mol. The van der Waals surface area contributed by atoms with Gasteiger partial charge in [-0.1, -0.05) is 6.08 Å². The fraction of sp³-hybridized carbons (Fsp3) is 0.636. The Labute approximate surface area is 79.9 Å². The van der Waals surface area contributed by atoms with E-state index in [-0.39, 0.29) is 12.2 Å². The first-order valence-electron chi connectivity index (χ1n) is 4.49. The fourth-order valence-electron chi connectivity index (χ4n) is 1.55. The molecule has 0 aromatic heterocycles. The summed E-state index contributed by atoms with van der Waals surface area (Å²) in [7, 11) is 0. The summed E-state index contributed by atoms with van der Waals surface area (Å²) in [4.78, 5) is 0. The summed E-state index contributed by atoms with van der Waals surface area (Å²) in [5.74, 6) is 2.06. The van der Waals surface area contributed by atoms with E-state index in [1.165, 1.54) is 0 Å². The van der Waals surface area contributed by atoms with Gasteiger partial charge < -0.3 is 9.47 Å². The molecule has 0 aromatic rings. The van der Waals surface area contributed by atoms with Crippen LogP contribution in [-0.2, 0) is 9.47 Å². The van der Waals surface area contributed by atoms with Crippen molar-refractivity contribution in [2.24, 2.45) is 0 Å². The van der Waals surface area contributed by atoms with E-state index in [9.17, 15) is 0 Å². The Kier molecular flexibility index (Phi) is 3.13.